The van der Waals surface area contributed by atoms with Crippen LogP contribution in [0.25, 0.3) is 0 Å². The zero-order chi connectivity index (χ0) is 25.4. The van der Waals surface area contributed by atoms with Crippen molar-refractivity contribution in [3.63, 3.8) is 0 Å². The minimum absolute atomic E-state index is 0.0487. The van der Waals surface area contributed by atoms with Crippen molar-refractivity contribution in [3.8, 4) is 5.75 Å². The lowest BCUT2D eigenvalue weighted by Gasteiger charge is -2.34. The molecule has 35 heavy (non-hydrogen) atoms. The number of thiazole rings is 1. The summed E-state index contributed by atoms with van der Waals surface area (Å²) in [5, 5.41) is 17.6. The molecule has 0 radical (unpaired) electrons. The number of rotatable bonds is 9. The number of carbonyl (C=O) groups is 3. The van der Waals surface area contributed by atoms with E-state index in [1.807, 2.05) is 51.1 Å². The molecule has 9 heteroatoms. The molecule has 1 atom stereocenters. The molecule has 8 nitrogen and oxygen atoms in total. The van der Waals surface area contributed by atoms with E-state index in [4.69, 9.17) is 0 Å². The first-order chi connectivity index (χ1) is 16.6. The molecule has 3 amide bonds. The molecule has 1 aromatic heterocycles. The molecule has 1 heterocycles. The van der Waals surface area contributed by atoms with Crippen molar-refractivity contribution in [2.75, 3.05) is 5.32 Å². The van der Waals surface area contributed by atoms with Crippen molar-refractivity contribution in [2.24, 2.45) is 0 Å². The number of phenolic OH excluding ortho intramolecular Hbond substituents is 1. The summed E-state index contributed by atoms with van der Waals surface area (Å²) in [6, 6.07) is 14.6. The second-order valence-corrected chi connectivity index (χ2v) is 10.0. The number of carbonyl (C=O) groups excluding carboxylic acids is 3. The molecular formula is C26H30N4O4S. The minimum Gasteiger partial charge on any atom is -0.508 e. The van der Waals surface area contributed by atoms with E-state index in [0.717, 1.165) is 5.56 Å². The lowest BCUT2D eigenvalue weighted by molar-refractivity contribution is -0.142. The largest absolute Gasteiger partial charge is 0.508 e. The molecular weight excluding hydrogens is 464 g/mol. The Kier molecular flexibility index (Phi) is 8.59. The van der Waals surface area contributed by atoms with E-state index in [9.17, 15) is 19.5 Å². The van der Waals surface area contributed by atoms with Crippen molar-refractivity contribution in [3.05, 3.63) is 77.3 Å². The van der Waals surface area contributed by atoms with Crippen LogP contribution in [0.15, 0.2) is 66.2 Å². The lowest BCUT2D eigenvalue weighted by atomic mass is 10.00. The Bertz CT molecular complexity index is 1130. The van der Waals surface area contributed by atoms with E-state index < -0.39 is 11.6 Å². The molecule has 0 aliphatic rings. The summed E-state index contributed by atoms with van der Waals surface area (Å²) in [6.45, 7) is 5.78. The standard InChI is InChI=1S/C26H30N4O4S/c1-26(2,3)29-24(34)23(19-9-11-20(31)12-10-19)30(17-18-7-5-4-6-8-18)22(33)14-13-21(32)28-25-27-15-16-35-25/h4-12,15-16,23,31H,13-14,17H2,1-3H3,(H,29,34)(H,27,28,32)/t23-/m0/s1. The van der Waals surface area contributed by atoms with Gasteiger partial charge in [-0.15, -0.1) is 11.3 Å². The Labute approximate surface area is 209 Å². The molecule has 3 N–H and O–H groups in total. The molecule has 3 aromatic rings. The molecule has 0 saturated carbocycles. The number of phenols is 1. The van der Waals surface area contributed by atoms with Crippen LogP contribution in [0.3, 0.4) is 0 Å². The van der Waals surface area contributed by atoms with Gasteiger partial charge >= 0.3 is 0 Å². The van der Waals surface area contributed by atoms with Crippen molar-refractivity contribution >= 4 is 34.2 Å². The summed E-state index contributed by atoms with van der Waals surface area (Å²) in [5.74, 6) is -0.957. The smallest absolute Gasteiger partial charge is 0.247 e. The van der Waals surface area contributed by atoms with Crippen molar-refractivity contribution in [2.45, 2.75) is 51.7 Å². The quantitative estimate of drug-likeness (QED) is 0.412. The molecule has 0 spiro atoms. The molecule has 0 aliphatic heterocycles. The van der Waals surface area contributed by atoms with Gasteiger partial charge in [-0.1, -0.05) is 42.5 Å². The second kappa shape index (κ2) is 11.6. The number of benzene rings is 2. The van der Waals surface area contributed by atoms with Crippen LogP contribution in [-0.4, -0.2) is 38.3 Å². The van der Waals surface area contributed by atoms with Crippen LogP contribution in [0.1, 0.15) is 50.8 Å². The van der Waals surface area contributed by atoms with Crippen LogP contribution in [0.4, 0.5) is 5.13 Å². The van der Waals surface area contributed by atoms with Crippen molar-refractivity contribution in [1.82, 2.24) is 15.2 Å². The van der Waals surface area contributed by atoms with E-state index in [1.165, 1.54) is 28.4 Å². The van der Waals surface area contributed by atoms with Crippen molar-refractivity contribution in [1.29, 1.82) is 0 Å². The third-order valence-electron chi connectivity index (χ3n) is 5.03. The van der Waals surface area contributed by atoms with Gasteiger partial charge in [0.15, 0.2) is 5.13 Å². The van der Waals surface area contributed by atoms with Crippen LogP contribution in [0.5, 0.6) is 5.75 Å². The van der Waals surface area contributed by atoms with Gasteiger partial charge in [0.1, 0.15) is 11.8 Å². The fourth-order valence-electron chi connectivity index (χ4n) is 3.50. The van der Waals surface area contributed by atoms with E-state index in [-0.39, 0.29) is 42.9 Å². The van der Waals surface area contributed by atoms with Gasteiger partial charge < -0.3 is 20.6 Å². The van der Waals surface area contributed by atoms with Gasteiger partial charge in [0.25, 0.3) is 0 Å². The summed E-state index contributed by atoms with van der Waals surface area (Å²) in [4.78, 5) is 44.9. The van der Waals surface area contributed by atoms with Gasteiger partial charge in [-0.2, -0.15) is 0 Å². The molecule has 0 bridgehead atoms. The molecule has 2 aromatic carbocycles. The predicted molar refractivity (Wildman–Crippen MR) is 136 cm³/mol. The molecule has 0 fully saturated rings. The zero-order valence-corrected chi connectivity index (χ0v) is 20.8. The lowest BCUT2D eigenvalue weighted by Crippen LogP contribution is -2.49. The fourth-order valence-corrected chi connectivity index (χ4v) is 4.05. The first kappa shape index (κ1) is 25.9. The number of aromatic hydroxyl groups is 1. The normalized spacial score (nSPS) is 12.0. The molecule has 3 rings (SSSR count). The highest BCUT2D eigenvalue weighted by Crippen LogP contribution is 2.27. The summed E-state index contributed by atoms with van der Waals surface area (Å²) < 4.78 is 0. The maximum absolute atomic E-state index is 13.5. The van der Waals surface area contributed by atoms with Crippen LogP contribution < -0.4 is 10.6 Å². The molecule has 0 aliphatic carbocycles. The topological polar surface area (TPSA) is 112 Å². The van der Waals surface area contributed by atoms with Gasteiger partial charge in [-0.25, -0.2) is 4.98 Å². The summed E-state index contributed by atoms with van der Waals surface area (Å²) >= 11 is 1.29. The average Bonchev–Trinajstić information content (AvgIpc) is 3.31. The maximum atomic E-state index is 13.5. The first-order valence-electron chi connectivity index (χ1n) is 11.3. The van der Waals surface area contributed by atoms with E-state index >= 15 is 0 Å². The highest BCUT2D eigenvalue weighted by atomic mass is 32.1. The summed E-state index contributed by atoms with van der Waals surface area (Å²) in [5.41, 5.74) is 0.878. The zero-order valence-electron chi connectivity index (χ0n) is 20.0. The highest BCUT2D eigenvalue weighted by Gasteiger charge is 2.33. The molecule has 0 unspecified atom stereocenters. The number of anilines is 1. The Morgan fingerprint density at radius 1 is 1.03 bits per heavy atom. The van der Waals surface area contributed by atoms with E-state index in [2.05, 4.69) is 15.6 Å². The van der Waals surface area contributed by atoms with Crippen LogP contribution in [0, 0.1) is 0 Å². The fraction of sp³-hybridized carbons (Fsp3) is 0.308. The highest BCUT2D eigenvalue weighted by molar-refractivity contribution is 7.13. The number of hydrogen-bond acceptors (Lipinski definition) is 6. The van der Waals surface area contributed by atoms with Crippen LogP contribution >= 0.6 is 11.3 Å². The first-order valence-corrected chi connectivity index (χ1v) is 12.1. The van der Waals surface area contributed by atoms with E-state index in [0.29, 0.717) is 10.7 Å². The summed E-state index contributed by atoms with van der Waals surface area (Å²) in [7, 11) is 0. The number of amides is 3. The number of nitrogens with zero attached hydrogens (tertiary/aromatic N) is 2. The average molecular weight is 495 g/mol. The van der Waals surface area contributed by atoms with Gasteiger partial charge in [0, 0.05) is 36.5 Å². The monoisotopic (exact) mass is 494 g/mol. The van der Waals surface area contributed by atoms with Gasteiger partial charge in [0.2, 0.25) is 17.7 Å². The maximum Gasteiger partial charge on any atom is 0.247 e. The van der Waals surface area contributed by atoms with E-state index in [1.54, 1.807) is 23.7 Å². The summed E-state index contributed by atoms with van der Waals surface area (Å²) in [6.07, 6.45) is 1.46. The SMILES string of the molecule is CC(C)(C)NC(=O)[C@H](c1ccc(O)cc1)N(Cc1ccccc1)C(=O)CCC(=O)Nc1nccs1. The Morgan fingerprint density at radius 2 is 1.71 bits per heavy atom. The van der Waals surface area contributed by atoms with Crippen LogP contribution in [-0.2, 0) is 20.9 Å². The third kappa shape index (κ3) is 7.92. The Hall–Kier alpha value is -3.72. The number of aromatic nitrogens is 1. The Balaban J connectivity index is 1.89. The third-order valence-corrected chi connectivity index (χ3v) is 5.72. The number of hydrogen-bond donors (Lipinski definition) is 3. The predicted octanol–water partition coefficient (Wildman–Crippen LogP) is 4.25. The number of nitrogens with one attached hydrogen (secondary N) is 2. The molecule has 0 saturated heterocycles. The Morgan fingerprint density at radius 3 is 2.31 bits per heavy atom. The van der Waals surface area contributed by atoms with Crippen LogP contribution in [0.2, 0.25) is 0 Å². The minimum atomic E-state index is -0.954. The molecule has 184 valence electrons. The van der Waals surface area contributed by atoms with Crippen molar-refractivity contribution < 1.29 is 19.5 Å². The van der Waals surface area contributed by atoms with Gasteiger partial charge in [-0.3, -0.25) is 14.4 Å². The second-order valence-electron chi connectivity index (χ2n) is 9.13. The van der Waals surface area contributed by atoms with Gasteiger partial charge in [-0.05, 0) is 44.0 Å². The van der Waals surface area contributed by atoms with Gasteiger partial charge in [0.05, 0.1) is 0 Å².